The minimum absolute atomic E-state index is 0.0139. The second-order valence-electron chi connectivity index (χ2n) is 4.42. The molecule has 7 nitrogen and oxygen atoms in total. The molecule has 110 valence electrons. The molecule has 0 saturated carbocycles. The lowest BCUT2D eigenvalue weighted by molar-refractivity contribution is -0.139. The Hall–Kier alpha value is -2.83. The van der Waals surface area contributed by atoms with Gasteiger partial charge in [0.2, 0.25) is 11.8 Å². The van der Waals surface area contributed by atoms with Gasteiger partial charge in [0.05, 0.1) is 13.7 Å². The number of hydrogen-bond acceptors (Lipinski definition) is 4. The van der Waals surface area contributed by atoms with E-state index >= 15 is 0 Å². The van der Waals surface area contributed by atoms with Crippen LogP contribution in [-0.4, -0.2) is 42.8 Å². The average molecular weight is 289 g/mol. The van der Waals surface area contributed by atoms with E-state index in [9.17, 15) is 14.4 Å². The van der Waals surface area contributed by atoms with Crippen molar-refractivity contribution in [3.05, 3.63) is 35.5 Å². The largest absolute Gasteiger partial charge is 0.497 e. The third-order valence-electron chi connectivity index (χ3n) is 3.00. The van der Waals surface area contributed by atoms with Crippen LogP contribution in [0.25, 0.3) is 6.08 Å². The molecular weight excluding hydrogens is 274 g/mol. The molecule has 1 aliphatic heterocycles. The van der Waals surface area contributed by atoms with Crippen LogP contribution in [0, 0.1) is 0 Å². The molecule has 0 atom stereocenters. The number of benzene rings is 1. The van der Waals surface area contributed by atoms with Crippen LogP contribution in [0.3, 0.4) is 0 Å². The maximum atomic E-state index is 11.8. The average Bonchev–Trinajstić information content (AvgIpc) is 2.48. The van der Waals surface area contributed by atoms with Crippen molar-refractivity contribution < 1.29 is 19.1 Å². The first-order valence-corrected chi connectivity index (χ1v) is 6.24. The van der Waals surface area contributed by atoms with E-state index in [1.807, 2.05) is 0 Å². The molecular formula is C14H15N3O4. The Kier molecular flexibility index (Phi) is 4.22. The summed E-state index contributed by atoms with van der Waals surface area (Å²) in [6.07, 6.45) is 1.47. The highest BCUT2D eigenvalue weighted by Crippen LogP contribution is 2.16. The van der Waals surface area contributed by atoms with E-state index in [2.05, 4.69) is 5.32 Å². The fourth-order valence-corrected chi connectivity index (χ4v) is 1.92. The molecule has 3 N–H and O–H groups in total. The van der Waals surface area contributed by atoms with Crippen LogP contribution < -0.4 is 15.8 Å². The van der Waals surface area contributed by atoms with Crippen molar-refractivity contribution in [3.8, 4) is 5.75 Å². The molecule has 1 heterocycles. The summed E-state index contributed by atoms with van der Waals surface area (Å²) in [7, 11) is 1.55. The fraction of sp³-hybridized carbons (Fsp3) is 0.214. The van der Waals surface area contributed by atoms with Crippen molar-refractivity contribution >= 4 is 23.8 Å². The van der Waals surface area contributed by atoms with Gasteiger partial charge >= 0.3 is 0 Å². The van der Waals surface area contributed by atoms with Crippen LogP contribution in [0.15, 0.2) is 30.0 Å². The molecule has 2 rings (SSSR count). The zero-order valence-corrected chi connectivity index (χ0v) is 11.5. The number of nitrogens with one attached hydrogen (secondary N) is 1. The molecule has 3 amide bonds. The molecule has 1 aromatic carbocycles. The monoisotopic (exact) mass is 289 g/mol. The lowest BCUT2D eigenvalue weighted by atomic mass is 10.1. The number of rotatable bonds is 4. The first-order chi connectivity index (χ1) is 10.0. The minimum atomic E-state index is -0.770. The summed E-state index contributed by atoms with van der Waals surface area (Å²) >= 11 is 0. The van der Waals surface area contributed by atoms with Gasteiger partial charge in [0.25, 0.3) is 5.91 Å². The van der Waals surface area contributed by atoms with Gasteiger partial charge < -0.3 is 15.8 Å². The molecule has 1 fully saturated rings. The lowest BCUT2D eigenvalue weighted by Crippen LogP contribution is -2.52. The Morgan fingerprint density at radius 2 is 2.00 bits per heavy atom. The molecule has 0 radical (unpaired) electrons. The van der Waals surface area contributed by atoms with E-state index in [-0.39, 0.29) is 30.6 Å². The summed E-state index contributed by atoms with van der Waals surface area (Å²) < 4.78 is 5.04. The topological polar surface area (TPSA) is 102 Å². The van der Waals surface area contributed by atoms with Crippen LogP contribution in [0.2, 0.25) is 0 Å². The van der Waals surface area contributed by atoms with Crippen LogP contribution in [0.4, 0.5) is 0 Å². The summed E-state index contributed by atoms with van der Waals surface area (Å²) in [4.78, 5) is 35.9. The molecule has 7 heteroatoms. The van der Waals surface area contributed by atoms with Crippen molar-refractivity contribution in [2.24, 2.45) is 5.73 Å². The van der Waals surface area contributed by atoms with Gasteiger partial charge in [0, 0.05) is 0 Å². The Morgan fingerprint density at radius 3 is 2.57 bits per heavy atom. The molecule has 0 spiro atoms. The van der Waals surface area contributed by atoms with Crippen molar-refractivity contribution in [2.75, 3.05) is 20.2 Å². The Balaban J connectivity index is 2.32. The first kappa shape index (κ1) is 14.6. The van der Waals surface area contributed by atoms with E-state index in [4.69, 9.17) is 10.5 Å². The number of primary amides is 1. The number of methoxy groups -OCH3 is 1. The molecule has 1 saturated heterocycles. The maximum absolute atomic E-state index is 11.8. The van der Waals surface area contributed by atoms with Crippen molar-refractivity contribution in [1.29, 1.82) is 0 Å². The molecule has 1 aromatic rings. The Bertz CT molecular complexity index is 607. The van der Waals surface area contributed by atoms with Gasteiger partial charge in [-0.2, -0.15) is 0 Å². The standard InChI is InChI=1S/C14H15N3O4/c1-21-10-4-2-9(3-5-10)6-11(14(15)20)17-8-12(18)16-7-13(17)19/h2-6H,7-8H2,1H3,(H2,15,20)(H,16,18)/b11-6+. The lowest BCUT2D eigenvalue weighted by Gasteiger charge is -2.27. The van der Waals surface area contributed by atoms with Crippen LogP contribution in [0.5, 0.6) is 5.75 Å². The number of hydrogen-bond donors (Lipinski definition) is 2. The number of nitrogens with two attached hydrogens (primary N) is 1. The highest BCUT2D eigenvalue weighted by Gasteiger charge is 2.28. The van der Waals surface area contributed by atoms with E-state index in [0.717, 1.165) is 4.90 Å². The zero-order valence-electron chi connectivity index (χ0n) is 11.5. The zero-order chi connectivity index (χ0) is 15.4. The number of nitrogens with zero attached hydrogens (tertiary/aromatic N) is 1. The van der Waals surface area contributed by atoms with Crippen molar-refractivity contribution in [3.63, 3.8) is 0 Å². The summed E-state index contributed by atoms with van der Waals surface area (Å²) in [5.74, 6) is -0.820. The SMILES string of the molecule is COc1ccc(/C=C(\C(N)=O)N2CC(=O)NCC2=O)cc1. The first-order valence-electron chi connectivity index (χ1n) is 6.24. The number of amides is 3. The highest BCUT2D eigenvalue weighted by atomic mass is 16.5. The van der Waals surface area contributed by atoms with Gasteiger partial charge in [-0.25, -0.2) is 0 Å². The normalized spacial score (nSPS) is 15.7. The number of ether oxygens (including phenoxy) is 1. The third kappa shape index (κ3) is 3.38. The highest BCUT2D eigenvalue weighted by molar-refractivity contribution is 6.03. The van der Waals surface area contributed by atoms with E-state index in [1.165, 1.54) is 6.08 Å². The predicted molar refractivity (Wildman–Crippen MR) is 74.9 cm³/mol. The molecule has 0 aliphatic carbocycles. The van der Waals surface area contributed by atoms with Gasteiger partial charge in [-0.15, -0.1) is 0 Å². The summed E-state index contributed by atoms with van der Waals surface area (Å²) in [5.41, 5.74) is 5.98. The van der Waals surface area contributed by atoms with Gasteiger partial charge in [-0.1, -0.05) is 12.1 Å². The fourth-order valence-electron chi connectivity index (χ4n) is 1.92. The second kappa shape index (κ2) is 6.08. The van der Waals surface area contributed by atoms with Gasteiger partial charge in [-0.05, 0) is 23.8 Å². The second-order valence-corrected chi connectivity index (χ2v) is 4.42. The van der Waals surface area contributed by atoms with Crippen molar-refractivity contribution in [2.45, 2.75) is 0 Å². The van der Waals surface area contributed by atoms with Crippen LogP contribution >= 0.6 is 0 Å². The van der Waals surface area contributed by atoms with Crippen molar-refractivity contribution in [1.82, 2.24) is 10.2 Å². The van der Waals surface area contributed by atoms with Gasteiger partial charge in [0.1, 0.15) is 18.0 Å². The van der Waals surface area contributed by atoms with Crippen LogP contribution in [0.1, 0.15) is 5.56 Å². The minimum Gasteiger partial charge on any atom is -0.497 e. The molecule has 0 unspecified atom stereocenters. The van der Waals surface area contributed by atoms with Gasteiger partial charge in [-0.3, -0.25) is 19.3 Å². The van der Waals surface area contributed by atoms with E-state index in [1.54, 1.807) is 31.4 Å². The molecule has 0 aromatic heterocycles. The third-order valence-corrected chi connectivity index (χ3v) is 3.00. The molecule has 0 bridgehead atoms. The smallest absolute Gasteiger partial charge is 0.265 e. The van der Waals surface area contributed by atoms with Gasteiger partial charge in [0.15, 0.2) is 0 Å². The molecule has 21 heavy (non-hydrogen) atoms. The number of carbonyl (C=O) groups excluding carboxylic acids is 3. The van der Waals surface area contributed by atoms with E-state index in [0.29, 0.717) is 11.3 Å². The number of carbonyl (C=O) groups is 3. The quantitative estimate of drug-likeness (QED) is 0.728. The maximum Gasteiger partial charge on any atom is 0.265 e. The number of piperazine rings is 1. The predicted octanol–water partition coefficient (Wildman–Crippen LogP) is -0.520. The van der Waals surface area contributed by atoms with Crippen LogP contribution in [-0.2, 0) is 14.4 Å². The summed E-state index contributed by atoms with van der Waals surface area (Å²) in [6, 6.07) is 6.87. The summed E-state index contributed by atoms with van der Waals surface area (Å²) in [6.45, 7) is -0.365. The molecule has 1 aliphatic rings. The summed E-state index contributed by atoms with van der Waals surface area (Å²) in [5, 5.41) is 2.41. The Morgan fingerprint density at radius 1 is 1.33 bits per heavy atom. The Labute approximate surface area is 121 Å². The van der Waals surface area contributed by atoms with E-state index < -0.39 is 5.91 Å².